The van der Waals surface area contributed by atoms with Gasteiger partial charge in [0.2, 0.25) is 0 Å². The fourth-order valence-electron chi connectivity index (χ4n) is 3.21. The number of fused-ring (bicyclic) bond motifs is 1. The number of hydrogen-bond donors (Lipinski definition) is 1. The first-order valence-electron chi connectivity index (χ1n) is 8.07. The molecular formula is C20H22N2O2. The zero-order valence-electron chi connectivity index (χ0n) is 14.3. The van der Waals surface area contributed by atoms with Crippen molar-refractivity contribution >= 4 is 16.8 Å². The molecule has 1 amide bonds. The monoisotopic (exact) mass is 322 g/mol. The number of methoxy groups -OCH3 is 1. The first kappa shape index (κ1) is 16.1. The van der Waals surface area contributed by atoms with E-state index in [1.54, 1.807) is 7.11 Å². The summed E-state index contributed by atoms with van der Waals surface area (Å²) in [5.41, 5.74) is 3.90. The van der Waals surface area contributed by atoms with Gasteiger partial charge in [-0.3, -0.25) is 4.79 Å². The molecule has 1 aromatic heterocycles. The number of amides is 1. The van der Waals surface area contributed by atoms with Gasteiger partial charge in [0.25, 0.3) is 5.91 Å². The van der Waals surface area contributed by atoms with Crippen molar-refractivity contribution in [3.05, 3.63) is 65.4 Å². The van der Waals surface area contributed by atoms with E-state index in [9.17, 15) is 4.79 Å². The Bertz CT molecular complexity index is 841. The molecule has 3 aromatic rings. The minimum absolute atomic E-state index is 0.0407. The molecule has 0 atom stereocenters. The third-order valence-corrected chi connectivity index (χ3v) is 4.45. The predicted octanol–water partition coefficient (Wildman–Crippen LogP) is 3.47. The summed E-state index contributed by atoms with van der Waals surface area (Å²) in [5, 5.41) is 4.15. The van der Waals surface area contributed by atoms with Gasteiger partial charge in [-0.05, 0) is 36.6 Å². The highest BCUT2D eigenvalue weighted by Crippen LogP contribution is 2.24. The Balaban J connectivity index is 1.74. The number of para-hydroxylation sites is 2. The summed E-state index contributed by atoms with van der Waals surface area (Å²) in [5.74, 6) is 0.814. The normalized spacial score (nSPS) is 10.8. The van der Waals surface area contributed by atoms with E-state index in [0.717, 1.165) is 39.9 Å². The van der Waals surface area contributed by atoms with Crippen molar-refractivity contribution in [2.24, 2.45) is 7.05 Å². The van der Waals surface area contributed by atoms with Crippen LogP contribution in [0.15, 0.2) is 48.5 Å². The van der Waals surface area contributed by atoms with E-state index in [0.29, 0.717) is 6.54 Å². The molecular weight excluding hydrogens is 300 g/mol. The Morgan fingerprint density at radius 2 is 1.83 bits per heavy atom. The molecule has 0 aliphatic rings. The largest absolute Gasteiger partial charge is 0.496 e. The molecule has 0 saturated heterocycles. The summed E-state index contributed by atoms with van der Waals surface area (Å²) in [4.78, 5) is 12.6. The molecule has 4 nitrogen and oxygen atoms in total. The molecule has 1 N–H and O–H groups in total. The molecule has 0 spiro atoms. The van der Waals surface area contributed by atoms with Crippen molar-refractivity contribution in [1.29, 1.82) is 0 Å². The van der Waals surface area contributed by atoms with Gasteiger partial charge < -0.3 is 14.6 Å². The van der Waals surface area contributed by atoms with Gasteiger partial charge in [-0.1, -0.05) is 36.4 Å². The van der Waals surface area contributed by atoms with E-state index in [1.165, 1.54) is 0 Å². The minimum atomic E-state index is -0.0407. The fraction of sp³-hybridized carbons (Fsp3) is 0.250. The van der Waals surface area contributed by atoms with Crippen LogP contribution in [0, 0.1) is 6.92 Å². The van der Waals surface area contributed by atoms with Crippen LogP contribution < -0.4 is 10.1 Å². The molecule has 0 saturated carbocycles. The number of aryl methyl sites for hydroxylation is 2. The van der Waals surface area contributed by atoms with Gasteiger partial charge in [-0.2, -0.15) is 0 Å². The smallest absolute Gasteiger partial charge is 0.268 e. The van der Waals surface area contributed by atoms with Crippen LogP contribution in [0.5, 0.6) is 5.75 Å². The van der Waals surface area contributed by atoms with Gasteiger partial charge in [0.05, 0.1) is 7.11 Å². The lowest BCUT2D eigenvalue weighted by molar-refractivity contribution is 0.0945. The van der Waals surface area contributed by atoms with Crippen molar-refractivity contribution in [3.8, 4) is 5.75 Å². The maximum Gasteiger partial charge on any atom is 0.268 e. The number of carbonyl (C=O) groups excluding carboxylic acids is 1. The zero-order valence-corrected chi connectivity index (χ0v) is 14.3. The summed E-state index contributed by atoms with van der Waals surface area (Å²) in [6.07, 6.45) is 0.735. The van der Waals surface area contributed by atoms with Crippen LogP contribution in [0.2, 0.25) is 0 Å². The molecule has 0 aliphatic carbocycles. The molecule has 4 heteroatoms. The number of nitrogens with one attached hydrogen (secondary N) is 1. The topological polar surface area (TPSA) is 43.3 Å². The highest BCUT2D eigenvalue weighted by atomic mass is 16.5. The molecule has 0 radical (unpaired) electrons. The first-order valence-corrected chi connectivity index (χ1v) is 8.07. The predicted molar refractivity (Wildman–Crippen MR) is 96.7 cm³/mol. The maximum absolute atomic E-state index is 12.6. The quantitative estimate of drug-likeness (QED) is 0.781. The van der Waals surface area contributed by atoms with E-state index < -0.39 is 0 Å². The third-order valence-electron chi connectivity index (χ3n) is 4.45. The van der Waals surface area contributed by atoms with E-state index in [2.05, 4.69) is 11.4 Å². The summed E-state index contributed by atoms with van der Waals surface area (Å²) in [6.45, 7) is 2.57. The Hall–Kier alpha value is -2.75. The number of benzene rings is 2. The number of carbonyl (C=O) groups is 1. The van der Waals surface area contributed by atoms with Crippen LogP contribution in [0.4, 0.5) is 0 Å². The molecule has 0 fully saturated rings. The third kappa shape index (κ3) is 2.87. The Morgan fingerprint density at radius 3 is 2.58 bits per heavy atom. The lowest BCUT2D eigenvalue weighted by Crippen LogP contribution is -2.28. The number of rotatable bonds is 5. The maximum atomic E-state index is 12.6. The Labute approximate surface area is 142 Å². The van der Waals surface area contributed by atoms with E-state index in [-0.39, 0.29) is 5.91 Å². The standard InChI is InChI=1S/C20H22N2O2/c1-14-16-9-5-6-10-17(16)22(2)19(14)20(23)21-13-12-15-8-4-7-11-18(15)24-3/h4-11H,12-13H2,1-3H3,(H,21,23). The molecule has 24 heavy (non-hydrogen) atoms. The number of hydrogen-bond acceptors (Lipinski definition) is 2. The first-order chi connectivity index (χ1) is 11.6. The SMILES string of the molecule is COc1ccccc1CCNC(=O)c1c(C)c2ccccc2n1C. The minimum Gasteiger partial charge on any atom is -0.496 e. The van der Waals surface area contributed by atoms with Crippen molar-refractivity contribution in [3.63, 3.8) is 0 Å². The summed E-state index contributed by atoms with van der Waals surface area (Å²) in [7, 11) is 3.60. The Morgan fingerprint density at radius 1 is 1.12 bits per heavy atom. The van der Waals surface area contributed by atoms with Gasteiger partial charge in [-0.25, -0.2) is 0 Å². The highest BCUT2D eigenvalue weighted by Gasteiger charge is 2.17. The average Bonchev–Trinajstić information content (AvgIpc) is 2.87. The lowest BCUT2D eigenvalue weighted by atomic mass is 10.1. The molecule has 3 rings (SSSR count). The van der Waals surface area contributed by atoms with Gasteiger partial charge >= 0.3 is 0 Å². The van der Waals surface area contributed by atoms with E-state index in [1.807, 2.05) is 61.0 Å². The Kier molecular flexibility index (Phi) is 4.56. The van der Waals surface area contributed by atoms with Crippen LogP contribution in [0.25, 0.3) is 10.9 Å². The van der Waals surface area contributed by atoms with Gasteiger partial charge in [0.1, 0.15) is 11.4 Å². The van der Waals surface area contributed by atoms with Gasteiger partial charge in [0.15, 0.2) is 0 Å². The molecule has 2 aromatic carbocycles. The van der Waals surface area contributed by atoms with Crippen LogP contribution in [-0.2, 0) is 13.5 Å². The fourth-order valence-corrected chi connectivity index (χ4v) is 3.21. The molecule has 0 aliphatic heterocycles. The second-order valence-corrected chi connectivity index (χ2v) is 5.87. The lowest BCUT2D eigenvalue weighted by Gasteiger charge is -2.10. The van der Waals surface area contributed by atoms with E-state index in [4.69, 9.17) is 4.74 Å². The van der Waals surface area contributed by atoms with Crippen LogP contribution >= 0.6 is 0 Å². The zero-order chi connectivity index (χ0) is 17.1. The van der Waals surface area contributed by atoms with Gasteiger partial charge in [-0.15, -0.1) is 0 Å². The van der Waals surface area contributed by atoms with Crippen molar-refractivity contribution < 1.29 is 9.53 Å². The summed E-state index contributed by atoms with van der Waals surface area (Å²) < 4.78 is 7.31. The average molecular weight is 322 g/mol. The summed E-state index contributed by atoms with van der Waals surface area (Å²) in [6, 6.07) is 16.0. The molecule has 0 bridgehead atoms. The van der Waals surface area contributed by atoms with Crippen LogP contribution in [0.3, 0.4) is 0 Å². The van der Waals surface area contributed by atoms with Crippen molar-refractivity contribution in [2.75, 3.05) is 13.7 Å². The number of aromatic nitrogens is 1. The van der Waals surface area contributed by atoms with Crippen molar-refractivity contribution in [1.82, 2.24) is 9.88 Å². The number of ether oxygens (including phenoxy) is 1. The van der Waals surface area contributed by atoms with Crippen LogP contribution in [0.1, 0.15) is 21.6 Å². The van der Waals surface area contributed by atoms with E-state index >= 15 is 0 Å². The van der Waals surface area contributed by atoms with Crippen molar-refractivity contribution in [2.45, 2.75) is 13.3 Å². The highest BCUT2D eigenvalue weighted by molar-refractivity contribution is 6.01. The van der Waals surface area contributed by atoms with Gasteiger partial charge in [0, 0.05) is 24.5 Å². The second kappa shape index (κ2) is 6.79. The second-order valence-electron chi connectivity index (χ2n) is 5.87. The molecule has 0 unspecified atom stereocenters. The summed E-state index contributed by atoms with van der Waals surface area (Å²) >= 11 is 0. The molecule has 124 valence electrons. The van der Waals surface area contributed by atoms with Crippen LogP contribution in [-0.4, -0.2) is 24.1 Å². The number of nitrogens with zero attached hydrogens (tertiary/aromatic N) is 1. The molecule has 1 heterocycles.